The molecule has 0 spiro atoms. The highest BCUT2D eigenvalue weighted by atomic mass is 19.4. The second-order valence-corrected chi connectivity index (χ2v) is 7.59. The molecule has 0 unspecified atom stereocenters. The van der Waals surface area contributed by atoms with Gasteiger partial charge in [-0.05, 0) is 48.0 Å². The minimum Gasteiger partial charge on any atom is -0.504 e. The lowest BCUT2D eigenvalue weighted by Crippen LogP contribution is -2.21. The van der Waals surface area contributed by atoms with E-state index in [1.165, 1.54) is 18.2 Å². The van der Waals surface area contributed by atoms with Crippen molar-refractivity contribution in [2.24, 2.45) is 0 Å². The van der Waals surface area contributed by atoms with E-state index in [2.05, 4.69) is 25.7 Å². The number of aromatic hydroxyl groups is 1. The molecule has 0 aliphatic carbocycles. The van der Waals surface area contributed by atoms with Crippen LogP contribution in [0.2, 0.25) is 0 Å². The normalized spacial score (nSPS) is 11.3. The molecule has 2 aromatic carbocycles. The molecule has 0 amide bonds. The lowest BCUT2D eigenvalue weighted by molar-refractivity contribution is -0.192. The van der Waals surface area contributed by atoms with Crippen molar-refractivity contribution < 1.29 is 41.4 Å². The Morgan fingerprint density at radius 3 is 2.26 bits per heavy atom. The first-order valence-corrected chi connectivity index (χ1v) is 10.6. The van der Waals surface area contributed by atoms with E-state index >= 15 is 0 Å². The van der Waals surface area contributed by atoms with Gasteiger partial charge in [-0.3, -0.25) is 4.98 Å². The number of halogens is 6. The summed E-state index contributed by atoms with van der Waals surface area (Å²) in [4.78, 5) is 27.6. The quantitative estimate of drug-likeness (QED) is 0.216. The van der Waals surface area contributed by atoms with Gasteiger partial charge in [0, 0.05) is 18.4 Å². The standard InChI is InChI=1S/C21H17F3N6O2.C2HF3O2/c22-21(23,24)14-3-1-4-16(11-14)30-20(32)28-19(29-30)27-15-8-6-13(7-9-15)12-26-18-17(31)5-2-10-25-18;3-2(4,5)1(6)7/h1-11,31H,12H2,(H,25,26)(H2,27,28,29,32);(H,6,7). The van der Waals surface area contributed by atoms with Gasteiger partial charge in [0.2, 0.25) is 5.95 Å². The zero-order chi connectivity index (χ0) is 28.8. The van der Waals surface area contributed by atoms with Gasteiger partial charge in [0.15, 0.2) is 11.6 Å². The van der Waals surface area contributed by atoms with E-state index in [9.17, 15) is 36.2 Å². The van der Waals surface area contributed by atoms with Gasteiger partial charge < -0.3 is 20.8 Å². The fourth-order valence-electron chi connectivity index (χ4n) is 2.93. The number of pyridine rings is 1. The average Bonchev–Trinajstić information content (AvgIpc) is 3.23. The van der Waals surface area contributed by atoms with E-state index in [4.69, 9.17) is 9.90 Å². The number of nitrogens with one attached hydrogen (secondary N) is 3. The second kappa shape index (κ2) is 11.6. The summed E-state index contributed by atoms with van der Waals surface area (Å²) < 4.78 is 71.4. The third kappa shape index (κ3) is 7.98. The molecule has 2 aromatic heterocycles. The van der Waals surface area contributed by atoms with Gasteiger partial charge >= 0.3 is 24.0 Å². The van der Waals surface area contributed by atoms with Crippen molar-refractivity contribution in [3.8, 4) is 11.4 Å². The van der Waals surface area contributed by atoms with Gasteiger partial charge in [-0.2, -0.15) is 31.0 Å². The molecule has 0 saturated heterocycles. The molecule has 16 heteroatoms. The molecule has 4 aromatic rings. The summed E-state index contributed by atoms with van der Waals surface area (Å²) in [6.45, 7) is 0.422. The number of benzene rings is 2. The summed E-state index contributed by atoms with van der Waals surface area (Å²) in [5, 5.41) is 26.8. The fourth-order valence-corrected chi connectivity index (χ4v) is 2.93. The Balaban J connectivity index is 0.000000532. The van der Waals surface area contributed by atoms with Crippen LogP contribution >= 0.6 is 0 Å². The van der Waals surface area contributed by atoms with Crippen LogP contribution in [0.1, 0.15) is 11.1 Å². The van der Waals surface area contributed by atoms with Gasteiger partial charge in [-0.25, -0.2) is 14.6 Å². The maximum absolute atomic E-state index is 12.9. The van der Waals surface area contributed by atoms with Crippen LogP contribution in [0.15, 0.2) is 71.7 Å². The largest absolute Gasteiger partial charge is 0.504 e. The maximum atomic E-state index is 12.9. The first kappa shape index (κ1) is 28.5. The number of aromatic nitrogens is 4. The Morgan fingerprint density at radius 2 is 1.67 bits per heavy atom. The first-order chi connectivity index (χ1) is 18.2. The van der Waals surface area contributed by atoms with Crippen molar-refractivity contribution in [1.29, 1.82) is 0 Å². The molecule has 4 rings (SSSR count). The number of anilines is 3. The van der Waals surface area contributed by atoms with Gasteiger partial charge in [-0.1, -0.05) is 18.2 Å². The molecule has 2 heterocycles. The predicted molar refractivity (Wildman–Crippen MR) is 126 cm³/mol. The lowest BCUT2D eigenvalue weighted by atomic mass is 10.2. The first-order valence-electron chi connectivity index (χ1n) is 10.6. The number of hydrogen-bond donors (Lipinski definition) is 5. The molecule has 0 atom stereocenters. The molecular formula is C23H18F6N6O4. The molecule has 5 N–H and O–H groups in total. The summed E-state index contributed by atoms with van der Waals surface area (Å²) in [5.41, 5.74) is -0.0401. The van der Waals surface area contributed by atoms with Crippen LogP contribution < -0.4 is 16.3 Å². The van der Waals surface area contributed by atoms with Crippen LogP contribution in [-0.4, -0.2) is 42.1 Å². The molecular weight excluding hydrogens is 538 g/mol. The minimum absolute atomic E-state index is 0.00618. The van der Waals surface area contributed by atoms with Crippen LogP contribution in [0, 0.1) is 0 Å². The van der Waals surface area contributed by atoms with Crippen molar-refractivity contribution in [3.63, 3.8) is 0 Å². The Kier molecular flexibility index (Phi) is 8.47. The van der Waals surface area contributed by atoms with Crippen molar-refractivity contribution in [2.45, 2.75) is 18.9 Å². The molecule has 39 heavy (non-hydrogen) atoms. The number of carboxylic acid groups (broad SMARTS) is 1. The number of aliphatic carboxylic acids is 1. The smallest absolute Gasteiger partial charge is 0.490 e. The van der Waals surface area contributed by atoms with E-state index in [1.54, 1.807) is 24.4 Å². The van der Waals surface area contributed by atoms with Crippen LogP contribution in [0.25, 0.3) is 5.69 Å². The number of alkyl halides is 6. The summed E-state index contributed by atoms with van der Waals surface area (Å²) >= 11 is 0. The SMILES string of the molecule is O=C(O)C(F)(F)F.O=c1[nH]c(Nc2ccc(CNc3ncccc3O)cc2)nn1-c1cccc(C(F)(F)F)c1. The molecule has 10 nitrogen and oxygen atoms in total. The molecule has 0 fully saturated rings. The summed E-state index contributed by atoms with van der Waals surface area (Å²) in [6, 6.07) is 14.6. The highest BCUT2D eigenvalue weighted by molar-refractivity contribution is 5.73. The average molecular weight is 556 g/mol. The molecule has 0 bridgehead atoms. The zero-order valence-electron chi connectivity index (χ0n) is 19.4. The van der Waals surface area contributed by atoms with E-state index in [0.717, 1.165) is 22.4 Å². The van der Waals surface area contributed by atoms with E-state index in [-0.39, 0.29) is 17.4 Å². The van der Waals surface area contributed by atoms with E-state index in [0.29, 0.717) is 18.1 Å². The summed E-state index contributed by atoms with van der Waals surface area (Å²) in [6.07, 6.45) is -8.04. The number of nitrogens with zero attached hydrogens (tertiary/aromatic N) is 3. The Labute approximate surface area is 214 Å². The monoisotopic (exact) mass is 556 g/mol. The predicted octanol–water partition coefficient (Wildman–Crippen LogP) is 4.67. The fraction of sp³-hybridized carbons (Fsp3) is 0.130. The zero-order valence-corrected chi connectivity index (χ0v) is 19.4. The lowest BCUT2D eigenvalue weighted by Gasteiger charge is -2.08. The van der Waals surface area contributed by atoms with Gasteiger partial charge in [-0.15, -0.1) is 5.10 Å². The molecule has 206 valence electrons. The Hall–Kier alpha value is -5.02. The third-order valence-corrected chi connectivity index (χ3v) is 4.74. The maximum Gasteiger partial charge on any atom is 0.490 e. The van der Waals surface area contributed by atoms with Crippen molar-refractivity contribution in [1.82, 2.24) is 19.7 Å². The van der Waals surface area contributed by atoms with Crippen molar-refractivity contribution in [3.05, 3.63) is 88.5 Å². The second-order valence-electron chi connectivity index (χ2n) is 7.59. The number of hydrogen-bond acceptors (Lipinski definition) is 7. The summed E-state index contributed by atoms with van der Waals surface area (Å²) in [5.74, 6) is -2.26. The molecule has 0 saturated carbocycles. The Bertz CT molecular complexity index is 1480. The number of rotatable bonds is 6. The van der Waals surface area contributed by atoms with Crippen LogP contribution in [0.3, 0.4) is 0 Å². The van der Waals surface area contributed by atoms with Crippen molar-refractivity contribution >= 4 is 23.4 Å². The third-order valence-electron chi connectivity index (χ3n) is 4.74. The molecule has 0 radical (unpaired) electrons. The van der Waals surface area contributed by atoms with E-state index < -0.39 is 29.6 Å². The number of H-pyrrole nitrogens is 1. The van der Waals surface area contributed by atoms with Crippen molar-refractivity contribution in [2.75, 3.05) is 10.6 Å². The van der Waals surface area contributed by atoms with Gasteiger partial charge in [0.05, 0.1) is 11.3 Å². The van der Waals surface area contributed by atoms with Gasteiger partial charge in [0.1, 0.15) is 0 Å². The molecule has 0 aliphatic rings. The van der Waals surface area contributed by atoms with Crippen LogP contribution in [0.5, 0.6) is 5.75 Å². The Morgan fingerprint density at radius 1 is 1.00 bits per heavy atom. The van der Waals surface area contributed by atoms with Crippen LogP contribution in [-0.2, 0) is 17.5 Å². The highest BCUT2D eigenvalue weighted by Crippen LogP contribution is 2.30. The highest BCUT2D eigenvalue weighted by Gasteiger charge is 2.38. The van der Waals surface area contributed by atoms with E-state index in [1.807, 2.05) is 12.1 Å². The van der Waals surface area contributed by atoms with Gasteiger partial charge in [0.25, 0.3) is 0 Å². The number of carbonyl (C=O) groups is 1. The van der Waals surface area contributed by atoms with Crippen LogP contribution in [0.4, 0.5) is 43.8 Å². The summed E-state index contributed by atoms with van der Waals surface area (Å²) in [7, 11) is 0. The molecule has 0 aliphatic heterocycles. The number of aromatic amines is 1. The topological polar surface area (TPSA) is 145 Å². The number of carboxylic acids is 1. The minimum atomic E-state index is -5.08.